The number of benzene rings is 1. The molecule has 2 bridgehead atoms. The van der Waals surface area contributed by atoms with Gasteiger partial charge in [-0.2, -0.15) is 0 Å². The van der Waals surface area contributed by atoms with Crippen LogP contribution in [0.2, 0.25) is 0 Å². The number of hydrogen-bond acceptors (Lipinski definition) is 2. The van der Waals surface area contributed by atoms with Crippen molar-refractivity contribution in [1.29, 1.82) is 0 Å². The molecule has 4 rings (SSSR count). The van der Waals surface area contributed by atoms with Gasteiger partial charge in [0.25, 0.3) is 0 Å². The summed E-state index contributed by atoms with van der Waals surface area (Å²) in [6, 6.07) is 12.5. The Balaban J connectivity index is 1.59. The smallest absolute Gasteiger partial charge is 0.0242 e. The normalized spacial score (nSPS) is 30.1. The predicted molar refractivity (Wildman–Crippen MR) is 66.3 cm³/mol. The maximum atomic E-state index is 2.65. The fraction of sp³-hybridized carbons (Fsp3) is 0.571. The van der Waals surface area contributed by atoms with Crippen molar-refractivity contribution < 1.29 is 0 Å². The Morgan fingerprint density at radius 2 is 1.81 bits per heavy atom. The van der Waals surface area contributed by atoms with Crippen LogP contribution in [0.1, 0.15) is 18.9 Å². The van der Waals surface area contributed by atoms with Crippen molar-refractivity contribution in [2.45, 2.75) is 32.0 Å². The van der Waals surface area contributed by atoms with E-state index in [0.717, 1.165) is 18.6 Å². The molecule has 3 fully saturated rings. The maximum absolute atomic E-state index is 2.65. The van der Waals surface area contributed by atoms with Crippen LogP contribution in [0.5, 0.6) is 0 Å². The van der Waals surface area contributed by atoms with Crippen molar-refractivity contribution in [3.05, 3.63) is 35.9 Å². The second kappa shape index (κ2) is 4.19. The highest BCUT2D eigenvalue weighted by Crippen LogP contribution is 2.32. The Hall–Kier alpha value is -0.860. The van der Waals surface area contributed by atoms with Crippen LogP contribution < -0.4 is 0 Å². The van der Waals surface area contributed by atoms with Crippen LogP contribution in [0.25, 0.3) is 0 Å². The second-order valence-corrected chi connectivity index (χ2v) is 5.05. The topological polar surface area (TPSA) is 6.48 Å². The molecule has 3 aliphatic heterocycles. The van der Waals surface area contributed by atoms with Crippen molar-refractivity contribution in [3.63, 3.8) is 0 Å². The number of piperidine rings is 1. The molecule has 2 heteroatoms. The first-order valence-electron chi connectivity index (χ1n) is 6.39. The standard InChI is InChI=1S/C14H20N2/c1-2-16-13-8-14(16)11-15(10-13)9-12-6-4-3-5-7-12/h3-7,13-14H,2,8-11H2,1H3. The lowest BCUT2D eigenvalue weighted by molar-refractivity contribution is -0.0680. The summed E-state index contributed by atoms with van der Waals surface area (Å²) in [5, 5.41) is 0. The third kappa shape index (κ3) is 1.76. The molecule has 2 unspecified atom stereocenters. The summed E-state index contributed by atoms with van der Waals surface area (Å²) in [4.78, 5) is 5.27. The van der Waals surface area contributed by atoms with Crippen LogP contribution >= 0.6 is 0 Å². The van der Waals surface area contributed by atoms with Gasteiger partial charge < -0.3 is 0 Å². The van der Waals surface area contributed by atoms with E-state index in [4.69, 9.17) is 0 Å². The van der Waals surface area contributed by atoms with Crippen LogP contribution in [0.3, 0.4) is 0 Å². The molecule has 16 heavy (non-hydrogen) atoms. The van der Waals surface area contributed by atoms with Gasteiger partial charge in [0, 0.05) is 31.7 Å². The van der Waals surface area contributed by atoms with Crippen molar-refractivity contribution in [2.75, 3.05) is 19.6 Å². The number of nitrogens with zero attached hydrogens (tertiary/aromatic N) is 2. The SMILES string of the molecule is CCN1C2CC1CN(Cc1ccccc1)C2. The molecule has 1 aromatic carbocycles. The molecule has 0 aliphatic carbocycles. The molecule has 3 heterocycles. The summed E-state index contributed by atoms with van der Waals surface area (Å²) in [6.45, 7) is 7.17. The molecule has 0 amide bonds. The molecule has 3 aliphatic rings. The molecular formula is C14H20N2. The zero-order chi connectivity index (χ0) is 11.0. The van der Waals surface area contributed by atoms with Gasteiger partial charge in [-0.25, -0.2) is 0 Å². The van der Waals surface area contributed by atoms with Gasteiger partial charge in [0.1, 0.15) is 0 Å². The lowest BCUT2D eigenvalue weighted by atomic mass is 9.87. The summed E-state index contributed by atoms with van der Waals surface area (Å²) in [6.07, 6.45) is 1.43. The lowest BCUT2D eigenvalue weighted by Crippen LogP contribution is -2.68. The molecule has 0 N–H and O–H groups in total. The van der Waals surface area contributed by atoms with Crippen LogP contribution in [0.4, 0.5) is 0 Å². The van der Waals surface area contributed by atoms with E-state index < -0.39 is 0 Å². The highest BCUT2D eigenvalue weighted by Gasteiger charge is 2.43. The highest BCUT2D eigenvalue weighted by atomic mass is 15.3. The number of rotatable bonds is 3. The predicted octanol–water partition coefficient (Wildman–Crippen LogP) is 1.97. The van der Waals surface area contributed by atoms with Crippen LogP contribution in [-0.2, 0) is 6.54 Å². The fourth-order valence-corrected chi connectivity index (χ4v) is 3.26. The molecule has 2 nitrogen and oxygen atoms in total. The van der Waals surface area contributed by atoms with Gasteiger partial charge in [-0.3, -0.25) is 9.80 Å². The maximum Gasteiger partial charge on any atom is 0.0242 e. The van der Waals surface area contributed by atoms with Gasteiger partial charge in [-0.15, -0.1) is 0 Å². The monoisotopic (exact) mass is 216 g/mol. The molecule has 0 radical (unpaired) electrons. The largest absolute Gasteiger partial charge is 0.296 e. The van der Waals surface area contributed by atoms with Crippen LogP contribution in [0.15, 0.2) is 30.3 Å². The van der Waals surface area contributed by atoms with Gasteiger partial charge in [-0.05, 0) is 18.5 Å². The third-order valence-corrected chi connectivity index (χ3v) is 4.03. The van der Waals surface area contributed by atoms with Crippen LogP contribution in [0, 0.1) is 0 Å². The molecule has 0 aromatic heterocycles. The zero-order valence-electron chi connectivity index (χ0n) is 9.97. The first-order chi connectivity index (χ1) is 7.86. The molecule has 86 valence electrons. The van der Waals surface area contributed by atoms with Gasteiger partial charge >= 0.3 is 0 Å². The van der Waals surface area contributed by atoms with Crippen molar-refractivity contribution in [2.24, 2.45) is 0 Å². The van der Waals surface area contributed by atoms with Gasteiger partial charge in [0.05, 0.1) is 0 Å². The minimum Gasteiger partial charge on any atom is -0.296 e. The summed E-state index contributed by atoms with van der Waals surface area (Å²) in [7, 11) is 0. The first-order valence-corrected chi connectivity index (χ1v) is 6.39. The average Bonchev–Trinajstić information content (AvgIpc) is 2.31. The van der Waals surface area contributed by atoms with Gasteiger partial charge in [0.15, 0.2) is 0 Å². The molecule has 0 saturated carbocycles. The van der Waals surface area contributed by atoms with Crippen molar-refractivity contribution in [1.82, 2.24) is 9.80 Å². The summed E-state index contributed by atoms with van der Waals surface area (Å²) >= 11 is 0. The first kappa shape index (κ1) is 10.3. The van der Waals surface area contributed by atoms with Crippen molar-refractivity contribution in [3.8, 4) is 0 Å². The van der Waals surface area contributed by atoms with E-state index in [2.05, 4.69) is 47.1 Å². The third-order valence-electron chi connectivity index (χ3n) is 4.03. The highest BCUT2D eigenvalue weighted by molar-refractivity contribution is 5.15. The lowest BCUT2D eigenvalue weighted by Gasteiger charge is -2.56. The zero-order valence-corrected chi connectivity index (χ0v) is 9.97. The summed E-state index contributed by atoms with van der Waals surface area (Å²) in [5.41, 5.74) is 1.45. The summed E-state index contributed by atoms with van der Waals surface area (Å²) in [5.74, 6) is 0. The van der Waals surface area contributed by atoms with E-state index >= 15 is 0 Å². The number of hydrogen-bond donors (Lipinski definition) is 0. The van der Waals surface area contributed by atoms with E-state index in [1.807, 2.05) is 0 Å². The van der Waals surface area contributed by atoms with E-state index in [0.29, 0.717) is 0 Å². The fourth-order valence-electron chi connectivity index (χ4n) is 3.26. The Labute approximate surface area is 97.9 Å². The quantitative estimate of drug-likeness (QED) is 0.762. The molecule has 2 atom stereocenters. The van der Waals surface area contributed by atoms with E-state index in [1.165, 1.54) is 31.6 Å². The van der Waals surface area contributed by atoms with Gasteiger partial charge in [-0.1, -0.05) is 37.3 Å². The number of piperazine rings is 1. The molecular weight excluding hydrogens is 196 g/mol. The molecule has 1 aromatic rings. The van der Waals surface area contributed by atoms with Gasteiger partial charge in [0.2, 0.25) is 0 Å². The van der Waals surface area contributed by atoms with Crippen LogP contribution in [-0.4, -0.2) is 41.5 Å². The average molecular weight is 216 g/mol. The van der Waals surface area contributed by atoms with E-state index in [-0.39, 0.29) is 0 Å². The molecule has 3 saturated heterocycles. The minimum absolute atomic E-state index is 0.840. The number of likely N-dealkylation sites (N-methyl/N-ethyl adjacent to an activating group) is 1. The van der Waals surface area contributed by atoms with E-state index in [1.54, 1.807) is 0 Å². The van der Waals surface area contributed by atoms with Crippen molar-refractivity contribution >= 4 is 0 Å². The van der Waals surface area contributed by atoms with E-state index in [9.17, 15) is 0 Å². The molecule has 0 spiro atoms. The second-order valence-electron chi connectivity index (χ2n) is 5.05. The Morgan fingerprint density at radius 1 is 1.12 bits per heavy atom. The summed E-state index contributed by atoms with van der Waals surface area (Å²) < 4.78 is 0. The number of fused-ring (bicyclic) bond motifs is 2. The Kier molecular flexibility index (Phi) is 2.70. The minimum atomic E-state index is 0.840. The Morgan fingerprint density at radius 3 is 2.44 bits per heavy atom. The Bertz CT molecular complexity index is 337.